The van der Waals surface area contributed by atoms with Crippen molar-refractivity contribution in [1.29, 1.82) is 0 Å². The zero-order valence-corrected chi connectivity index (χ0v) is 20.4. The van der Waals surface area contributed by atoms with Crippen LogP contribution in [0.1, 0.15) is 58.3 Å². The third kappa shape index (κ3) is 8.52. The number of ether oxygens (including phenoxy) is 2. The largest absolute Gasteiger partial charge is 0.498 e. The minimum Gasteiger partial charge on any atom is -0.498 e. The van der Waals surface area contributed by atoms with Crippen LogP contribution in [0.15, 0.2) is 36.3 Å². The van der Waals surface area contributed by atoms with Gasteiger partial charge in [-0.2, -0.15) is 0 Å². The Labute approximate surface area is 202 Å². The van der Waals surface area contributed by atoms with E-state index in [2.05, 4.69) is 17.2 Å². The van der Waals surface area contributed by atoms with Gasteiger partial charge in [-0.1, -0.05) is 31.9 Å². The number of aliphatic hydroxyl groups excluding tert-OH is 1. The number of aliphatic hydroxyl groups is 1. The highest BCUT2D eigenvalue weighted by molar-refractivity contribution is 5.91. The molecule has 2 unspecified atom stereocenters. The molecule has 0 aromatic carbocycles. The molecular formula is C25H39N3O6. The van der Waals surface area contributed by atoms with Crippen molar-refractivity contribution in [1.82, 2.24) is 15.5 Å². The molecule has 1 aliphatic heterocycles. The zero-order chi connectivity index (χ0) is 24.9. The van der Waals surface area contributed by atoms with Crippen LogP contribution in [0.3, 0.4) is 0 Å². The summed E-state index contributed by atoms with van der Waals surface area (Å²) in [6.45, 7) is 6.62. The summed E-state index contributed by atoms with van der Waals surface area (Å²) in [7, 11) is 1.32. The molecule has 190 valence electrons. The molecule has 0 aromatic heterocycles. The number of hydrogen-bond donors (Lipinski definition) is 3. The van der Waals surface area contributed by atoms with Crippen molar-refractivity contribution in [2.45, 2.75) is 70.4 Å². The van der Waals surface area contributed by atoms with E-state index in [0.717, 1.165) is 38.5 Å². The monoisotopic (exact) mass is 477 g/mol. The third-order valence-corrected chi connectivity index (χ3v) is 6.22. The van der Waals surface area contributed by atoms with E-state index in [1.165, 1.54) is 7.11 Å². The number of carbonyl (C=O) groups is 3. The predicted octanol–water partition coefficient (Wildman–Crippen LogP) is 2.77. The highest BCUT2D eigenvalue weighted by atomic mass is 16.5. The summed E-state index contributed by atoms with van der Waals surface area (Å²) in [6.07, 6.45) is 11.8. The number of nitrogens with one attached hydrogen (secondary N) is 2. The number of likely N-dealkylation sites (tertiary alicyclic amines) is 1. The lowest BCUT2D eigenvalue weighted by molar-refractivity contribution is -0.152. The van der Waals surface area contributed by atoms with E-state index in [1.54, 1.807) is 30.1 Å². The van der Waals surface area contributed by atoms with Gasteiger partial charge in [-0.05, 0) is 50.7 Å². The first-order valence-electron chi connectivity index (χ1n) is 12.1. The Balaban J connectivity index is 1.99. The molecule has 34 heavy (non-hydrogen) atoms. The lowest BCUT2D eigenvalue weighted by atomic mass is 9.83. The average Bonchev–Trinajstić information content (AvgIpc) is 3.32. The molecule has 2 aliphatic rings. The normalized spacial score (nSPS) is 20.1. The van der Waals surface area contributed by atoms with Gasteiger partial charge < -0.3 is 30.1 Å². The van der Waals surface area contributed by atoms with Crippen LogP contribution in [-0.2, 0) is 19.1 Å². The van der Waals surface area contributed by atoms with Crippen molar-refractivity contribution >= 4 is 17.9 Å². The first-order chi connectivity index (χ1) is 16.4. The highest BCUT2D eigenvalue weighted by Crippen LogP contribution is 2.29. The molecule has 1 aliphatic carbocycles. The van der Waals surface area contributed by atoms with Crippen LogP contribution < -0.4 is 10.6 Å². The summed E-state index contributed by atoms with van der Waals surface area (Å²) in [5, 5.41) is 14.3. The van der Waals surface area contributed by atoms with E-state index < -0.39 is 24.1 Å². The third-order valence-electron chi connectivity index (χ3n) is 6.22. The zero-order valence-electron chi connectivity index (χ0n) is 20.4. The summed E-state index contributed by atoms with van der Waals surface area (Å²) in [5.74, 6) is 0.0571. The van der Waals surface area contributed by atoms with Crippen molar-refractivity contribution < 1.29 is 29.0 Å². The molecule has 2 atom stereocenters. The van der Waals surface area contributed by atoms with Gasteiger partial charge in [0.15, 0.2) is 0 Å². The summed E-state index contributed by atoms with van der Waals surface area (Å²) in [4.78, 5) is 39.9. The smallest absolute Gasteiger partial charge is 0.328 e. The van der Waals surface area contributed by atoms with Gasteiger partial charge in [0.25, 0.3) is 0 Å². The van der Waals surface area contributed by atoms with Crippen LogP contribution in [-0.4, -0.2) is 66.9 Å². The van der Waals surface area contributed by atoms with Crippen molar-refractivity contribution in [2.75, 3.05) is 26.9 Å². The maximum absolute atomic E-state index is 13.5. The van der Waals surface area contributed by atoms with Gasteiger partial charge in [0, 0.05) is 25.3 Å². The SMILES string of the molecule is C=C(/C=C\C=C(/C)OCCCO)NC(=O)NC(C(=O)N1CCCC1C(=O)OC)C1CCCCC1. The summed E-state index contributed by atoms with van der Waals surface area (Å²) in [5.41, 5.74) is 0.361. The van der Waals surface area contributed by atoms with E-state index in [4.69, 9.17) is 14.6 Å². The Morgan fingerprint density at radius 3 is 2.59 bits per heavy atom. The van der Waals surface area contributed by atoms with Crippen LogP contribution in [0.2, 0.25) is 0 Å². The molecular weight excluding hydrogens is 438 g/mol. The van der Waals surface area contributed by atoms with E-state index in [0.29, 0.717) is 37.4 Å². The molecule has 1 saturated heterocycles. The summed E-state index contributed by atoms with van der Waals surface area (Å²) < 4.78 is 10.3. The highest BCUT2D eigenvalue weighted by Gasteiger charge is 2.41. The molecule has 3 amide bonds. The second kappa shape index (κ2) is 14.5. The van der Waals surface area contributed by atoms with Crippen LogP contribution >= 0.6 is 0 Å². The van der Waals surface area contributed by atoms with Crippen molar-refractivity contribution in [3.8, 4) is 0 Å². The standard InChI is InChI=1S/C25H39N3O6/c1-18(10-7-11-19(2)34-17-9-16-29)26-25(32)27-22(20-12-5-4-6-13-20)23(30)28-15-8-14-21(28)24(31)33-3/h7,10-11,20-22,29H,1,4-6,8-9,12-17H2,2-3H3,(H2,26,27,32)/b10-7-,19-11+. The second-order valence-corrected chi connectivity index (χ2v) is 8.77. The lowest BCUT2D eigenvalue weighted by Crippen LogP contribution is -2.56. The summed E-state index contributed by atoms with van der Waals surface area (Å²) >= 11 is 0. The van der Waals surface area contributed by atoms with Gasteiger partial charge in [0.2, 0.25) is 5.91 Å². The van der Waals surface area contributed by atoms with Crippen molar-refractivity contribution in [3.63, 3.8) is 0 Å². The number of amides is 3. The molecule has 0 radical (unpaired) electrons. The molecule has 1 heterocycles. The summed E-state index contributed by atoms with van der Waals surface area (Å²) in [6, 6.07) is -1.81. The van der Waals surface area contributed by atoms with E-state index in [1.807, 2.05) is 0 Å². The van der Waals surface area contributed by atoms with E-state index >= 15 is 0 Å². The molecule has 1 saturated carbocycles. The molecule has 2 fully saturated rings. The Bertz CT molecular complexity index is 773. The number of hydrogen-bond acceptors (Lipinski definition) is 6. The van der Waals surface area contributed by atoms with Crippen LogP contribution in [0.25, 0.3) is 0 Å². The molecule has 0 spiro atoms. The molecule has 9 nitrogen and oxygen atoms in total. The van der Waals surface area contributed by atoms with Gasteiger partial charge in [-0.3, -0.25) is 4.79 Å². The second-order valence-electron chi connectivity index (χ2n) is 8.77. The molecule has 0 aromatic rings. The number of urea groups is 1. The van der Waals surface area contributed by atoms with Crippen LogP contribution in [0.4, 0.5) is 4.79 Å². The quantitative estimate of drug-likeness (QED) is 0.182. The van der Waals surface area contributed by atoms with Gasteiger partial charge >= 0.3 is 12.0 Å². The molecule has 2 rings (SSSR count). The number of carbonyl (C=O) groups excluding carboxylic acids is 3. The van der Waals surface area contributed by atoms with Crippen molar-refractivity contribution in [2.24, 2.45) is 5.92 Å². The Morgan fingerprint density at radius 1 is 1.18 bits per heavy atom. The maximum Gasteiger partial charge on any atom is 0.328 e. The maximum atomic E-state index is 13.5. The first kappa shape index (κ1) is 27.4. The predicted molar refractivity (Wildman–Crippen MR) is 128 cm³/mol. The Kier molecular flexibility index (Phi) is 11.7. The van der Waals surface area contributed by atoms with Gasteiger partial charge in [0.1, 0.15) is 12.1 Å². The minimum absolute atomic E-state index is 0.0244. The fourth-order valence-electron chi connectivity index (χ4n) is 4.45. The average molecular weight is 478 g/mol. The van der Waals surface area contributed by atoms with E-state index in [-0.39, 0.29) is 18.4 Å². The Hall–Kier alpha value is -2.81. The Morgan fingerprint density at radius 2 is 1.91 bits per heavy atom. The van der Waals surface area contributed by atoms with Gasteiger partial charge in [-0.15, -0.1) is 0 Å². The topological polar surface area (TPSA) is 117 Å². The fraction of sp³-hybridized carbons (Fsp3) is 0.640. The van der Waals surface area contributed by atoms with Gasteiger partial charge in [-0.25, -0.2) is 9.59 Å². The van der Waals surface area contributed by atoms with Gasteiger partial charge in [0.05, 0.1) is 19.5 Å². The number of esters is 1. The minimum atomic E-state index is -0.704. The molecule has 9 heteroatoms. The van der Waals surface area contributed by atoms with Crippen LogP contribution in [0, 0.1) is 5.92 Å². The van der Waals surface area contributed by atoms with E-state index in [9.17, 15) is 14.4 Å². The van der Waals surface area contributed by atoms with Crippen molar-refractivity contribution in [3.05, 3.63) is 36.3 Å². The molecule has 0 bridgehead atoms. The number of rotatable bonds is 11. The first-order valence-corrected chi connectivity index (χ1v) is 12.1. The lowest BCUT2D eigenvalue weighted by Gasteiger charge is -2.34. The number of methoxy groups -OCH3 is 1. The molecule has 3 N–H and O–H groups in total. The number of nitrogens with zero attached hydrogens (tertiary/aromatic N) is 1. The number of allylic oxidation sites excluding steroid dienone is 4. The van der Waals surface area contributed by atoms with Crippen LogP contribution in [0.5, 0.6) is 0 Å². The fourth-order valence-corrected chi connectivity index (χ4v) is 4.45.